The fourth-order valence-electron chi connectivity index (χ4n) is 2.33. The number of anilines is 1. The molecule has 3 rings (SSSR count). The van der Waals surface area contributed by atoms with Crippen molar-refractivity contribution in [2.45, 2.75) is 18.9 Å². The summed E-state index contributed by atoms with van der Waals surface area (Å²) in [4.78, 5) is 6.56. The van der Waals surface area contributed by atoms with Gasteiger partial charge < -0.3 is 15.7 Å². The molecular weight excluding hydrogens is 242 g/mol. The van der Waals surface area contributed by atoms with Gasteiger partial charge in [0.25, 0.3) is 0 Å². The molecule has 19 heavy (non-hydrogen) atoms. The van der Waals surface area contributed by atoms with Crippen LogP contribution in [0.1, 0.15) is 17.8 Å². The Morgan fingerprint density at radius 3 is 3.11 bits per heavy atom. The summed E-state index contributed by atoms with van der Waals surface area (Å²) >= 11 is 0. The number of nitrogens with two attached hydrogens (primary N) is 1. The first kappa shape index (κ1) is 12.0. The van der Waals surface area contributed by atoms with Gasteiger partial charge in [0.05, 0.1) is 0 Å². The van der Waals surface area contributed by atoms with Crippen molar-refractivity contribution in [1.82, 2.24) is 15.2 Å². The Bertz CT molecular complexity index is 568. The van der Waals surface area contributed by atoms with Crippen molar-refractivity contribution in [2.75, 3.05) is 18.0 Å². The molecule has 1 aliphatic rings. The third-order valence-corrected chi connectivity index (χ3v) is 3.31. The average molecular weight is 259 g/mol. The van der Waals surface area contributed by atoms with Gasteiger partial charge in [-0.05, 0) is 24.1 Å². The number of hydrogen-bond donors (Lipinski definition) is 3. The number of aromatic nitrogens is 3. The fraction of sp³-hybridized carbons (Fsp3) is 0.385. The van der Waals surface area contributed by atoms with Crippen molar-refractivity contribution in [3.05, 3.63) is 35.7 Å². The van der Waals surface area contributed by atoms with Gasteiger partial charge in [-0.1, -0.05) is 12.1 Å². The summed E-state index contributed by atoms with van der Waals surface area (Å²) in [5, 5.41) is 16.6. The summed E-state index contributed by atoms with van der Waals surface area (Å²) in [7, 11) is 0. The fourth-order valence-corrected chi connectivity index (χ4v) is 2.33. The molecule has 1 aromatic heterocycles. The Balaban J connectivity index is 1.71. The second-order valence-corrected chi connectivity index (χ2v) is 4.92. The quantitative estimate of drug-likeness (QED) is 0.752. The summed E-state index contributed by atoms with van der Waals surface area (Å²) in [5.74, 6) is 1.77. The molecule has 1 aromatic carbocycles. The number of aromatic amines is 1. The Kier molecular flexibility index (Phi) is 3.08. The van der Waals surface area contributed by atoms with Crippen LogP contribution < -0.4 is 10.6 Å². The van der Waals surface area contributed by atoms with E-state index in [2.05, 4.69) is 20.1 Å². The smallest absolute Gasteiger partial charge is 0.244 e. The molecule has 2 aromatic rings. The van der Waals surface area contributed by atoms with E-state index in [1.54, 1.807) is 12.1 Å². The molecule has 6 nitrogen and oxygen atoms in total. The number of rotatable bonds is 3. The van der Waals surface area contributed by atoms with Gasteiger partial charge in [0.15, 0.2) is 0 Å². The summed E-state index contributed by atoms with van der Waals surface area (Å²) in [6, 6.07) is 7.37. The van der Waals surface area contributed by atoms with Crippen LogP contribution in [0, 0.1) is 0 Å². The second-order valence-electron chi connectivity index (χ2n) is 4.92. The highest BCUT2D eigenvalue weighted by molar-refractivity contribution is 5.33. The molecule has 1 atom stereocenters. The highest BCUT2D eigenvalue weighted by Crippen LogP contribution is 2.17. The van der Waals surface area contributed by atoms with Crippen molar-refractivity contribution in [2.24, 2.45) is 5.73 Å². The zero-order valence-corrected chi connectivity index (χ0v) is 10.6. The van der Waals surface area contributed by atoms with Crippen LogP contribution >= 0.6 is 0 Å². The van der Waals surface area contributed by atoms with Gasteiger partial charge in [-0.2, -0.15) is 4.98 Å². The highest BCUT2D eigenvalue weighted by Gasteiger charge is 2.22. The van der Waals surface area contributed by atoms with Crippen molar-refractivity contribution in [3.8, 4) is 5.75 Å². The molecule has 0 saturated carbocycles. The molecule has 0 aliphatic carbocycles. The number of nitrogens with zero attached hydrogens (tertiary/aromatic N) is 3. The molecule has 1 saturated heterocycles. The van der Waals surface area contributed by atoms with Crippen LogP contribution in [0.2, 0.25) is 0 Å². The SMILES string of the molecule is NC1CCN(c2n[nH]c(Cc3cccc(O)c3)n2)C1. The van der Waals surface area contributed by atoms with Crippen LogP contribution in [0.25, 0.3) is 0 Å². The van der Waals surface area contributed by atoms with Gasteiger partial charge in [0.1, 0.15) is 11.6 Å². The Morgan fingerprint density at radius 2 is 2.37 bits per heavy atom. The van der Waals surface area contributed by atoms with Gasteiger partial charge >= 0.3 is 0 Å². The molecule has 1 unspecified atom stereocenters. The summed E-state index contributed by atoms with van der Waals surface area (Å²) in [6.07, 6.45) is 1.61. The Labute approximate surface area is 111 Å². The predicted molar refractivity (Wildman–Crippen MR) is 72.1 cm³/mol. The molecule has 100 valence electrons. The van der Waals surface area contributed by atoms with Gasteiger partial charge in [0.2, 0.25) is 5.95 Å². The van der Waals surface area contributed by atoms with Gasteiger partial charge in [-0.25, -0.2) is 0 Å². The van der Waals surface area contributed by atoms with E-state index >= 15 is 0 Å². The van der Waals surface area contributed by atoms with E-state index in [9.17, 15) is 5.11 Å². The van der Waals surface area contributed by atoms with Crippen molar-refractivity contribution in [3.63, 3.8) is 0 Å². The monoisotopic (exact) mass is 259 g/mol. The summed E-state index contributed by atoms with van der Waals surface area (Å²) in [5.41, 5.74) is 6.88. The van der Waals surface area contributed by atoms with Crippen LogP contribution in [-0.4, -0.2) is 39.4 Å². The number of phenols is 1. The third kappa shape index (κ3) is 2.68. The molecule has 0 spiro atoms. The van der Waals surface area contributed by atoms with Gasteiger partial charge in [0, 0.05) is 25.6 Å². The maximum atomic E-state index is 9.43. The lowest BCUT2D eigenvalue weighted by atomic mass is 10.1. The number of aromatic hydroxyl groups is 1. The average Bonchev–Trinajstić information content (AvgIpc) is 2.98. The zero-order chi connectivity index (χ0) is 13.2. The van der Waals surface area contributed by atoms with E-state index in [-0.39, 0.29) is 11.8 Å². The van der Waals surface area contributed by atoms with Crippen molar-refractivity contribution < 1.29 is 5.11 Å². The second kappa shape index (κ2) is 4.89. The number of H-pyrrole nitrogens is 1. The number of benzene rings is 1. The van der Waals surface area contributed by atoms with E-state index in [1.807, 2.05) is 12.1 Å². The van der Waals surface area contributed by atoms with E-state index in [0.717, 1.165) is 30.9 Å². The first-order valence-electron chi connectivity index (χ1n) is 6.40. The summed E-state index contributed by atoms with van der Waals surface area (Å²) < 4.78 is 0. The van der Waals surface area contributed by atoms with Gasteiger partial charge in [-0.3, -0.25) is 5.10 Å². The van der Waals surface area contributed by atoms with Crippen molar-refractivity contribution in [1.29, 1.82) is 0 Å². The van der Waals surface area contributed by atoms with Crippen LogP contribution in [-0.2, 0) is 6.42 Å². The summed E-state index contributed by atoms with van der Waals surface area (Å²) in [6.45, 7) is 1.72. The first-order valence-corrected chi connectivity index (χ1v) is 6.40. The first-order chi connectivity index (χ1) is 9.20. The van der Waals surface area contributed by atoms with E-state index in [0.29, 0.717) is 12.4 Å². The lowest BCUT2D eigenvalue weighted by Gasteiger charge is -2.11. The van der Waals surface area contributed by atoms with Crippen LogP contribution in [0.4, 0.5) is 5.95 Å². The number of nitrogens with one attached hydrogen (secondary N) is 1. The van der Waals surface area contributed by atoms with Crippen molar-refractivity contribution >= 4 is 5.95 Å². The molecule has 4 N–H and O–H groups in total. The molecule has 0 amide bonds. The molecule has 2 heterocycles. The predicted octanol–water partition coefficient (Wildman–Crippen LogP) is 0.638. The lowest BCUT2D eigenvalue weighted by Crippen LogP contribution is -2.27. The maximum Gasteiger partial charge on any atom is 0.244 e. The maximum absolute atomic E-state index is 9.43. The van der Waals surface area contributed by atoms with E-state index in [4.69, 9.17) is 5.73 Å². The zero-order valence-electron chi connectivity index (χ0n) is 10.6. The minimum atomic E-state index is 0.216. The molecular formula is C13H17N5O. The number of hydrogen-bond acceptors (Lipinski definition) is 5. The molecule has 1 fully saturated rings. The Morgan fingerprint density at radius 1 is 1.47 bits per heavy atom. The largest absolute Gasteiger partial charge is 0.508 e. The normalized spacial score (nSPS) is 19.0. The molecule has 6 heteroatoms. The number of phenolic OH excluding ortho intramolecular Hbond substituents is 1. The molecule has 1 aliphatic heterocycles. The van der Waals surface area contributed by atoms with Crippen LogP contribution in [0.3, 0.4) is 0 Å². The highest BCUT2D eigenvalue weighted by atomic mass is 16.3. The minimum absolute atomic E-state index is 0.216. The molecule has 0 bridgehead atoms. The van der Waals surface area contributed by atoms with Gasteiger partial charge in [-0.15, -0.1) is 5.10 Å². The van der Waals surface area contributed by atoms with E-state index in [1.165, 1.54) is 0 Å². The standard InChI is InChI=1S/C13H17N5O/c14-10-4-5-18(8-10)13-15-12(16-17-13)7-9-2-1-3-11(19)6-9/h1-3,6,10,19H,4-5,7-8,14H2,(H,15,16,17). The minimum Gasteiger partial charge on any atom is -0.508 e. The molecule has 0 radical (unpaired) electrons. The lowest BCUT2D eigenvalue weighted by molar-refractivity contribution is 0.474. The third-order valence-electron chi connectivity index (χ3n) is 3.31. The topological polar surface area (TPSA) is 91.1 Å². The van der Waals surface area contributed by atoms with Crippen LogP contribution in [0.15, 0.2) is 24.3 Å². The van der Waals surface area contributed by atoms with Crippen LogP contribution in [0.5, 0.6) is 5.75 Å². The van der Waals surface area contributed by atoms with E-state index < -0.39 is 0 Å². The Hall–Kier alpha value is -2.08.